The van der Waals surface area contributed by atoms with E-state index in [9.17, 15) is 14.7 Å². The van der Waals surface area contributed by atoms with Crippen molar-refractivity contribution in [3.05, 3.63) is 59.7 Å². The zero-order valence-corrected chi connectivity index (χ0v) is 13.9. The van der Waals surface area contributed by atoms with E-state index in [0.29, 0.717) is 0 Å². The standard InChI is InChI=1S/C18H17NO5S/c20-15-12-7-3-1-5-10(12)11-6-2-4-8-13(11)16(15)25-9-14(17(21)22)19-18(23)24/h1-8,14-16,19-20H,9H2,(H,21,22)(H,23,24)/t14?,15-,16-/m0/s1. The minimum absolute atomic E-state index is 0.0138. The van der Waals surface area contributed by atoms with E-state index in [1.165, 1.54) is 11.8 Å². The van der Waals surface area contributed by atoms with Gasteiger partial charge >= 0.3 is 12.1 Å². The van der Waals surface area contributed by atoms with Gasteiger partial charge in [-0.2, -0.15) is 0 Å². The normalized spacial score (nSPS) is 19.4. The van der Waals surface area contributed by atoms with Gasteiger partial charge < -0.3 is 20.6 Å². The molecule has 0 saturated heterocycles. The van der Waals surface area contributed by atoms with Crippen LogP contribution in [0.4, 0.5) is 4.79 Å². The van der Waals surface area contributed by atoms with Gasteiger partial charge in [0.1, 0.15) is 6.04 Å². The van der Waals surface area contributed by atoms with Gasteiger partial charge in [0.15, 0.2) is 0 Å². The highest BCUT2D eigenvalue weighted by Gasteiger charge is 2.33. The molecule has 1 aliphatic carbocycles. The highest BCUT2D eigenvalue weighted by molar-refractivity contribution is 7.99. The molecule has 0 spiro atoms. The lowest BCUT2D eigenvalue weighted by Gasteiger charge is -2.32. The van der Waals surface area contributed by atoms with Crippen LogP contribution in [0, 0.1) is 0 Å². The van der Waals surface area contributed by atoms with E-state index in [4.69, 9.17) is 10.2 Å². The second kappa shape index (κ2) is 7.16. The topological polar surface area (TPSA) is 107 Å². The number of aliphatic carboxylic acids is 1. The van der Waals surface area contributed by atoms with E-state index in [0.717, 1.165) is 22.3 Å². The number of nitrogens with one attached hydrogen (secondary N) is 1. The van der Waals surface area contributed by atoms with Crippen LogP contribution in [0.15, 0.2) is 48.5 Å². The molecule has 0 bridgehead atoms. The van der Waals surface area contributed by atoms with Gasteiger partial charge in [-0.1, -0.05) is 48.5 Å². The molecule has 0 radical (unpaired) electrons. The van der Waals surface area contributed by atoms with Gasteiger partial charge in [-0.25, -0.2) is 9.59 Å². The fourth-order valence-corrected chi connectivity index (χ4v) is 4.37. The minimum Gasteiger partial charge on any atom is -0.480 e. The minimum atomic E-state index is -1.39. The smallest absolute Gasteiger partial charge is 0.405 e. The molecule has 2 aromatic carbocycles. The second-order valence-corrected chi connectivity index (χ2v) is 6.89. The van der Waals surface area contributed by atoms with Crippen molar-refractivity contribution < 1.29 is 24.9 Å². The lowest BCUT2D eigenvalue weighted by Crippen LogP contribution is -2.42. The number of carboxylic acid groups (broad SMARTS) is 2. The molecule has 6 nitrogen and oxygen atoms in total. The molecule has 1 unspecified atom stereocenters. The molecule has 0 aliphatic heterocycles. The third-order valence-electron chi connectivity index (χ3n) is 4.16. The predicted octanol–water partition coefficient (Wildman–Crippen LogP) is 2.90. The Kier molecular flexibility index (Phi) is 4.96. The molecule has 0 heterocycles. The van der Waals surface area contributed by atoms with Gasteiger partial charge in [0.25, 0.3) is 0 Å². The lowest BCUT2D eigenvalue weighted by molar-refractivity contribution is -0.138. The molecule has 0 fully saturated rings. The molecule has 0 aromatic heterocycles. The number of aliphatic hydroxyl groups excluding tert-OH is 1. The third-order valence-corrected chi connectivity index (χ3v) is 5.56. The maximum atomic E-state index is 11.2. The highest BCUT2D eigenvalue weighted by Crippen LogP contribution is 2.50. The number of benzene rings is 2. The van der Waals surface area contributed by atoms with Crippen molar-refractivity contribution in [3.8, 4) is 11.1 Å². The van der Waals surface area contributed by atoms with E-state index in [2.05, 4.69) is 0 Å². The summed E-state index contributed by atoms with van der Waals surface area (Å²) in [4.78, 5) is 22.0. The number of aliphatic hydroxyl groups is 1. The number of amides is 1. The molecule has 1 amide bonds. The van der Waals surface area contributed by atoms with Crippen LogP contribution in [0.3, 0.4) is 0 Å². The Labute approximate surface area is 148 Å². The molecule has 3 rings (SSSR count). The number of thioether (sulfide) groups is 1. The Balaban J connectivity index is 1.89. The average Bonchev–Trinajstić information content (AvgIpc) is 2.60. The number of carboxylic acids is 1. The zero-order chi connectivity index (χ0) is 18.0. The van der Waals surface area contributed by atoms with Crippen LogP contribution in [0.5, 0.6) is 0 Å². The highest BCUT2D eigenvalue weighted by atomic mass is 32.2. The maximum Gasteiger partial charge on any atom is 0.405 e. The molecular weight excluding hydrogens is 342 g/mol. The number of hydrogen-bond donors (Lipinski definition) is 4. The molecule has 7 heteroatoms. The van der Waals surface area contributed by atoms with Crippen molar-refractivity contribution in [1.82, 2.24) is 5.32 Å². The van der Waals surface area contributed by atoms with Gasteiger partial charge in [-0.05, 0) is 22.3 Å². The first kappa shape index (κ1) is 17.3. The fourth-order valence-electron chi connectivity index (χ4n) is 3.03. The number of carbonyl (C=O) groups is 2. The van der Waals surface area contributed by atoms with Crippen molar-refractivity contribution in [1.29, 1.82) is 0 Å². The van der Waals surface area contributed by atoms with Crippen molar-refractivity contribution in [3.63, 3.8) is 0 Å². The second-order valence-electron chi connectivity index (χ2n) is 5.71. The van der Waals surface area contributed by atoms with Gasteiger partial charge in [-0.3, -0.25) is 0 Å². The molecule has 3 atom stereocenters. The molecular formula is C18H17NO5S. The molecule has 4 N–H and O–H groups in total. The summed E-state index contributed by atoms with van der Waals surface area (Å²) in [6.07, 6.45) is -2.18. The van der Waals surface area contributed by atoms with Gasteiger partial charge in [0.2, 0.25) is 0 Å². The summed E-state index contributed by atoms with van der Waals surface area (Å²) < 4.78 is 0. The van der Waals surface area contributed by atoms with Gasteiger partial charge in [0.05, 0.1) is 11.4 Å². The van der Waals surface area contributed by atoms with E-state index in [1.54, 1.807) is 0 Å². The number of hydrogen-bond acceptors (Lipinski definition) is 4. The van der Waals surface area contributed by atoms with Crippen LogP contribution < -0.4 is 5.32 Å². The predicted molar refractivity (Wildman–Crippen MR) is 94.6 cm³/mol. The lowest BCUT2D eigenvalue weighted by atomic mass is 9.83. The van der Waals surface area contributed by atoms with Crippen LogP contribution in [0.1, 0.15) is 22.5 Å². The summed E-state index contributed by atoms with van der Waals surface area (Å²) in [6, 6.07) is 14.0. The summed E-state index contributed by atoms with van der Waals surface area (Å²) in [5.41, 5.74) is 3.66. The van der Waals surface area contributed by atoms with Crippen LogP contribution in [-0.4, -0.2) is 39.2 Å². The van der Waals surface area contributed by atoms with E-state index in [1.807, 2.05) is 53.8 Å². The van der Waals surface area contributed by atoms with Crippen LogP contribution in [-0.2, 0) is 4.79 Å². The zero-order valence-electron chi connectivity index (χ0n) is 13.1. The monoisotopic (exact) mass is 359 g/mol. The average molecular weight is 359 g/mol. The van der Waals surface area contributed by atoms with Crippen molar-refractivity contribution in [2.24, 2.45) is 0 Å². The van der Waals surface area contributed by atoms with E-state index in [-0.39, 0.29) is 11.0 Å². The van der Waals surface area contributed by atoms with Gasteiger partial charge in [0, 0.05) is 5.75 Å². The van der Waals surface area contributed by atoms with Gasteiger partial charge in [-0.15, -0.1) is 11.8 Å². The molecule has 2 aromatic rings. The van der Waals surface area contributed by atoms with E-state index >= 15 is 0 Å². The van der Waals surface area contributed by atoms with Crippen LogP contribution >= 0.6 is 11.8 Å². The first-order chi connectivity index (χ1) is 12.0. The van der Waals surface area contributed by atoms with Crippen molar-refractivity contribution in [2.45, 2.75) is 17.4 Å². The summed E-state index contributed by atoms with van der Waals surface area (Å²) in [6.45, 7) is 0. The SMILES string of the molecule is O=C(O)NC(CS[C@H]1c2ccccc2-c2ccccc2[C@@H]1O)C(=O)O. The fraction of sp³-hybridized carbons (Fsp3) is 0.222. The van der Waals surface area contributed by atoms with Crippen LogP contribution in [0.2, 0.25) is 0 Å². The van der Waals surface area contributed by atoms with Crippen LogP contribution in [0.25, 0.3) is 11.1 Å². The maximum absolute atomic E-state index is 11.2. The van der Waals surface area contributed by atoms with Crippen molar-refractivity contribution >= 4 is 23.8 Å². The Morgan fingerprint density at radius 2 is 1.56 bits per heavy atom. The Morgan fingerprint density at radius 1 is 1.00 bits per heavy atom. The quantitative estimate of drug-likeness (QED) is 0.654. The summed E-state index contributed by atoms with van der Waals surface area (Å²) in [5.74, 6) is -1.23. The molecule has 25 heavy (non-hydrogen) atoms. The third kappa shape index (κ3) is 3.47. The largest absolute Gasteiger partial charge is 0.480 e. The summed E-state index contributed by atoms with van der Waals surface area (Å²) >= 11 is 1.23. The number of fused-ring (bicyclic) bond motifs is 3. The number of rotatable bonds is 5. The molecule has 0 saturated carbocycles. The first-order valence-corrected chi connectivity index (χ1v) is 8.74. The Morgan fingerprint density at radius 3 is 2.16 bits per heavy atom. The summed E-state index contributed by atoms with van der Waals surface area (Å²) in [7, 11) is 0. The Hall–Kier alpha value is -2.51. The summed E-state index contributed by atoms with van der Waals surface area (Å²) in [5, 5.41) is 30.4. The first-order valence-electron chi connectivity index (χ1n) is 7.69. The van der Waals surface area contributed by atoms with Crippen molar-refractivity contribution in [2.75, 3.05) is 5.75 Å². The Bertz CT molecular complexity index is 810. The molecule has 1 aliphatic rings. The molecule has 130 valence electrons. The van der Waals surface area contributed by atoms with E-state index < -0.39 is 24.2 Å².